The number of amidine groups is 1. The zero-order valence-electron chi connectivity index (χ0n) is 18.7. The van der Waals surface area contributed by atoms with Gasteiger partial charge in [-0.15, -0.1) is 5.10 Å². The lowest BCUT2D eigenvalue weighted by Crippen LogP contribution is -2.28. The molecule has 1 aliphatic rings. The molecule has 8 nitrogen and oxygen atoms in total. The van der Waals surface area contributed by atoms with Crippen LogP contribution in [0.4, 0.5) is 18.9 Å². The van der Waals surface area contributed by atoms with Crippen LogP contribution in [0.25, 0.3) is 0 Å². The van der Waals surface area contributed by atoms with E-state index in [0.29, 0.717) is 22.8 Å². The van der Waals surface area contributed by atoms with Gasteiger partial charge in [0.1, 0.15) is 16.7 Å². The first-order valence-corrected chi connectivity index (χ1v) is 11.3. The second-order valence-electron chi connectivity index (χ2n) is 7.20. The van der Waals surface area contributed by atoms with Crippen LogP contribution in [0.5, 0.6) is 11.5 Å². The molecular formula is C22H20ClF3N4O4S. The number of methoxy groups -OCH3 is 2. The van der Waals surface area contributed by atoms with Crippen molar-refractivity contribution < 1.29 is 32.2 Å². The van der Waals surface area contributed by atoms with E-state index in [-0.39, 0.29) is 17.3 Å². The van der Waals surface area contributed by atoms with Crippen molar-refractivity contribution in [1.82, 2.24) is 5.32 Å². The van der Waals surface area contributed by atoms with Gasteiger partial charge in [-0.3, -0.25) is 9.59 Å². The first-order chi connectivity index (χ1) is 16.5. The fourth-order valence-electron chi connectivity index (χ4n) is 3.06. The number of hydrogen-bond donors (Lipinski definition) is 2. The number of nitrogens with one attached hydrogen (secondary N) is 2. The molecule has 2 amide bonds. The number of carbonyl (C=O) groups is 2. The number of halogens is 4. The summed E-state index contributed by atoms with van der Waals surface area (Å²) in [7, 11) is 3.04. The highest BCUT2D eigenvalue weighted by molar-refractivity contribution is 8.15. The lowest BCUT2D eigenvalue weighted by atomic mass is 10.1. The van der Waals surface area contributed by atoms with Crippen molar-refractivity contribution in [3.63, 3.8) is 0 Å². The minimum Gasteiger partial charge on any atom is -0.497 e. The lowest BCUT2D eigenvalue weighted by Gasteiger charge is -2.12. The average molecular weight is 529 g/mol. The van der Waals surface area contributed by atoms with E-state index >= 15 is 0 Å². The largest absolute Gasteiger partial charge is 0.497 e. The predicted molar refractivity (Wildman–Crippen MR) is 128 cm³/mol. The predicted octanol–water partition coefficient (Wildman–Crippen LogP) is 4.72. The lowest BCUT2D eigenvalue weighted by molar-refractivity contribution is -0.137. The molecule has 186 valence electrons. The fraction of sp³-hybridized carbons (Fsp3) is 0.273. The van der Waals surface area contributed by atoms with Crippen molar-refractivity contribution in [2.75, 3.05) is 19.5 Å². The van der Waals surface area contributed by atoms with Crippen molar-refractivity contribution >= 4 is 51.7 Å². The molecule has 1 heterocycles. The van der Waals surface area contributed by atoms with Crippen LogP contribution < -0.4 is 20.1 Å². The summed E-state index contributed by atoms with van der Waals surface area (Å²) in [6, 6.07) is 8.21. The molecule has 2 aromatic rings. The molecule has 0 aliphatic carbocycles. The third kappa shape index (κ3) is 6.67. The first kappa shape index (κ1) is 26.4. The number of ether oxygens (including phenoxy) is 2. The highest BCUT2D eigenvalue weighted by atomic mass is 35.5. The van der Waals surface area contributed by atoms with Crippen molar-refractivity contribution in [3.8, 4) is 11.5 Å². The van der Waals surface area contributed by atoms with Gasteiger partial charge in [-0.1, -0.05) is 23.4 Å². The SMILES string of the molecule is COc1ccc(/C(C)=N\N=C2\NC(=O)[C@H](CC(=O)Nc3ccc(Cl)c(C(F)(F)F)c3)S2)c(OC)c1. The number of carbonyl (C=O) groups excluding carboxylic acids is 2. The third-order valence-electron chi connectivity index (χ3n) is 4.79. The Hall–Kier alpha value is -3.25. The van der Waals surface area contributed by atoms with Crippen LogP contribution in [0.1, 0.15) is 24.5 Å². The topological polar surface area (TPSA) is 101 Å². The molecule has 1 fully saturated rings. The monoisotopic (exact) mass is 528 g/mol. The molecule has 35 heavy (non-hydrogen) atoms. The Bertz CT molecular complexity index is 1200. The molecule has 0 aromatic heterocycles. The van der Waals surface area contributed by atoms with Crippen LogP contribution in [0, 0.1) is 0 Å². The van der Waals surface area contributed by atoms with Gasteiger partial charge in [-0.05, 0) is 37.3 Å². The molecule has 2 aromatic carbocycles. The minimum absolute atomic E-state index is 0.0855. The van der Waals surface area contributed by atoms with E-state index in [1.54, 1.807) is 25.1 Å². The van der Waals surface area contributed by atoms with Crippen LogP contribution >= 0.6 is 23.4 Å². The van der Waals surface area contributed by atoms with Crippen LogP contribution in [0.15, 0.2) is 46.6 Å². The zero-order chi connectivity index (χ0) is 25.8. The molecule has 1 saturated heterocycles. The Balaban J connectivity index is 1.65. The summed E-state index contributed by atoms with van der Waals surface area (Å²) < 4.78 is 49.5. The van der Waals surface area contributed by atoms with Crippen molar-refractivity contribution in [3.05, 3.63) is 52.5 Å². The Kier molecular flexibility index (Phi) is 8.28. The smallest absolute Gasteiger partial charge is 0.417 e. The first-order valence-electron chi connectivity index (χ1n) is 10.0. The van der Waals surface area contributed by atoms with Crippen LogP contribution in [0.3, 0.4) is 0 Å². The van der Waals surface area contributed by atoms with E-state index in [1.807, 2.05) is 0 Å². The van der Waals surface area contributed by atoms with Crippen molar-refractivity contribution in [2.24, 2.45) is 10.2 Å². The molecule has 2 N–H and O–H groups in total. The Labute approximate surface area is 207 Å². The number of nitrogens with zero attached hydrogens (tertiary/aromatic N) is 2. The van der Waals surface area contributed by atoms with E-state index in [2.05, 4.69) is 20.8 Å². The summed E-state index contributed by atoms with van der Waals surface area (Å²) in [4.78, 5) is 24.6. The van der Waals surface area contributed by atoms with Gasteiger partial charge in [-0.2, -0.15) is 18.3 Å². The maximum atomic E-state index is 13.0. The number of amides is 2. The highest BCUT2D eigenvalue weighted by Crippen LogP contribution is 2.36. The van der Waals surface area contributed by atoms with Gasteiger partial charge in [0.2, 0.25) is 11.8 Å². The molecule has 0 radical (unpaired) electrons. The van der Waals surface area contributed by atoms with E-state index in [1.165, 1.54) is 20.3 Å². The summed E-state index contributed by atoms with van der Waals surface area (Å²) in [6.07, 6.45) is -4.95. The quantitative estimate of drug-likeness (QED) is 0.400. The second kappa shape index (κ2) is 11.0. The Morgan fingerprint density at radius 2 is 1.94 bits per heavy atom. The molecule has 0 unspecified atom stereocenters. The van der Waals surface area contributed by atoms with Crippen LogP contribution in [0.2, 0.25) is 5.02 Å². The molecule has 0 saturated carbocycles. The number of anilines is 1. The van der Waals surface area contributed by atoms with E-state index in [9.17, 15) is 22.8 Å². The standard InChI is InChI=1S/C22H20ClF3N4O4S/c1-11(14-6-5-13(33-2)9-17(14)34-3)29-30-21-28-20(32)18(35-21)10-19(31)27-12-4-7-16(23)15(8-12)22(24,25)26/h4-9,18H,10H2,1-3H3,(H,27,31)(H,28,30,32)/b29-11-/t18-/m0/s1. The van der Waals surface area contributed by atoms with Crippen LogP contribution in [-0.2, 0) is 15.8 Å². The third-order valence-corrected chi connectivity index (χ3v) is 6.19. The highest BCUT2D eigenvalue weighted by Gasteiger charge is 2.34. The van der Waals surface area contributed by atoms with Gasteiger partial charge < -0.3 is 20.1 Å². The summed E-state index contributed by atoms with van der Waals surface area (Å²) in [5.74, 6) is 0.0277. The summed E-state index contributed by atoms with van der Waals surface area (Å²) in [5, 5.41) is 11.9. The Morgan fingerprint density at radius 1 is 1.20 bits per heavy atom. The zero-order valence-corrected chi connectivity index (χ0v) is 20.3. The maximum Gasteiger partial charge on any atom is 0.417 e. The number of rotatable bonds is 7. The minimum atomic E-state index is -4.67. The van der Waals surface area contributed by atoms with Crippen molar-refractivity contribution in [2.45, 2.75) is 24.8 Å². The average Bonchev–Trinajstić information content (AvgIpc) is 3.16. The van der Waals surface area contributed by atoms with Gasteiger partial charge in [0.15, 0.2) is 5.17 Å². The molecule has 13 heteroatoms. The van der Waals surface area contributed by atoms with Gasteiger partial charge >= 0.3 is 6.18 Å². The van der Waals surface area contributed by atoms with Gasteiger partial charge in [0.25, 0.3) is 0 Å². The van der Waals surface area contributed by atoms with Gasteiger partial charge in [-0.25, -0.2) is 0 Å². The van der Waals surface area contributed by atoms with Crippen LogP contribution in [-0.4, -0.2) is 42.2 Å². The number of benzene rings is 2. The Morgan fingerprint density at radius 3 is 2.60 bits per heavy atom. The molecule has 1 atom stereocenters. The van der Waals surface area contributed by atoms with Gasteiger partial charge in [0.05, 0.1) is 30.5 Å². The van der Waals surface area contributed by atoms with E-state index in [0.717, 1.165) is 23.9 Å². The van der Waals surface area contributed by atoms with Gasteiger partial charge in [0, 0.05) is 23.7 Å². The molecule has 0 bridgehead atoms. The molecule has 3 rings (SSSR count). The summed E-state index contributed by atoms with van der Waals surface area (Å²) in [5.41, 5.74) is 0.0270. The van der Waals surface area contributed by atoms with E-state index in [4.69, 9.17) is 21.1 Å². The van der Waals surface area contributed by atoms with E-state index < -0.39 is 33.8 Å². The number of alkyl halides is 3. The maximum absolute atomic E-state index is 13.0. The molecular weight excluding hydrogens is 509 g/mol. The fourth-order valence-corrected chi connectivity index (χ4v) is 4.20. The molecule has 0 spiro atoms. The van der Waals surface area contributed by atoms with Crippen molar-refractivity contribution in [1.29, 1.82) is 0 Å². The number of hydrogen-bond acceptors (Lipinski definition) is 7. The summed E-state index contributed by atoms with van der Waals surface area (Å²) >= 11 is 6.58. The normalized spacial score (nSPS) is 17.3. The number of thioether (sulfide) groups is 1. The molecule has 1 aliphatic heterocycles. The second-order valence-corrected chi connectivity index (χ2v) is 8.80. The summed E-state index contributed by atoms with van der Waals surface area (Å²) in [6.45, 7) is 1.71.